The van der Waals surface area contributed by atoms with Gasteiger partial charge in [-0.2, -0.15) is 10.5 Å². The van der Waals surface area contributed by atoms with Crippen molar-refractivity contribution >= 4 is 28.6 Å². The maximum atomic E-state index is 11.4. The SMILES string of the molecule is CC(C(=O)O)(c1ccc(I)cc1)C(C#N)C#N. The molecule has 0 bridgehead atoms. The standard InChI is InChI=1S/C12H9IN2O2/c1-12(11(16)17,9(6-14)7-15)8-2-4-10(13)5-3-8/h2-5,9H,1H3,(H,16,17). The molecule has 1 unspecified atom stereocenters. The third kappa shape index (κ3) is 2.40. The highest BCUT2D eigenvalue weighted by molar-refractivity contribution is 14.1. The summed E-state index contributed by atoms with van der Waals surface area (Å²) in [6.45, 7) is 1.40. The van der Waals surface area contributed by atoms with Crippen LogP contribution in [-0.4, -0.2) is 11.1 Å². The van der Waals surface area contributed by atoms with E-state index in [2.05, 4.69) is 22.6 Å². The average Bonchev–Trinajstić information content (AvgIpc) is 2.30. The number of hydrogen-bond donors (Lipinski definition) is 1. The van der Waals surface area contributed by atoms with Crippen LogP contribution < -0.4 is 0 Å². The monoisotopic (exact) mass is 340 g/mol. The van der Waals surface area contributed by atoms with Gasteiger partial charge in [0.05, 0.1) is 12.1 Å². The maximum absolute atomic E-state index is 11.4. The van der Waals surface area contributed by atoms with Crippen LogP contribution in [0, 0.1) is 32.2 Å². The Hall–Kier alpha value is -1.60. The van der Waals surface area contributed by atoms with Crippen LogP contribution in [0.4, 0.5) is 0 Å². The number of benzene rings is 1. The molecular weight excluding hydrogens is 331 g/mol. The van der Waals surface area contributed by atoms with Crippen molar-refractivity contribution in [1.82, 2.24) is 0 Å². The molecule has 0 saturated carbocycles. The van der Waals surface area contributed by atoms with Gasteiger partial charge in [-0.3, -0.25) is 4.79 Å². The molecule has 1 aromatic carbocycles. The maximum Gasteiger partial charge on any atom is 0.316 e. The molecule has 0 spiro atoms. The Morgan fingerprint density at radius 2 is 1.82 bits per heavy atom. The minimum absolute atomic E-state index is 0.457. The first-order chi connectivity index (χ1) is 7.96. The third-order valence-electron chi connectivity index (χ3n) is 2.72. The van der Waals surface area contributed by atoms with Crippen molar-refractivity contribution < 1.29 is 9.90 Å². The Labute approximate surface area is 113 Å². The first kappa shape index (κ1) is 13.5. The van der Waals surface area contributed by atoms with Crippen LogP contribution >= 0.6 is 22.6 Å². The van der Waals surface area contributed by atoms with Crippen LogP contribution in [0.2, 0.25) is 0 Å². The lowest BCUT2D eigenvalue weighted by molar-refractivity contribution is -0.144. The molecule has 0 radical (unpaired) electrons. The first-order valence-electron chi connectivity index (χ1n) is 4.75. The quantitative estimate of drug-likeness (QED) is 0.856. The van der Waals surface area contributed by atoms with Crippen molar-refractivity contribution in [2.75, 3.05) is 0 Å². The molecule has 0 heterocycles. The highest BCUT2D eigenvalue weighted by atomic mass is 127. The summed E-state index contributed by atoms with van der Waals surface area (Å²) in [4.78, 5) is 11.4. The predicted molar refractivity (Wildman–Crippen MR) is 68.9 cm³/mol. The third-order valence-corrected chi connectivity index (χ3v) is 3.44. The lowest BCUT2D eigenvalue weighted by Gasteiger charge is -2.25. The van der Waals surface area contributed by atoms with E-state index in [9.17, 15) is 9.90 Å². The molecule has 0 aliphatic heterocycles. The zero-order valence-corrected chi connectivity index (χ0v) is 11.2. The van der Waals surface area contributed by atoms with Crippen LogP contribution in [0.25, 0.3) is 0 Å². The molecule has 0 saturated heterocycles. The van der Waals surface area contributed by atoms with Crippen LogP contribution in [0.15, 0.2) is 24.3 Å². The molecule has 0 fully saturated rings. The molecular formula is C12H9IN2O2. The number of nitrogens with zero attached hydrogens (tertiary/aromatic N) is 2. The number of carbonyl (C=O) groups is 1. The predicted octanol–water partition coefficient (Wildman–Crippen LogP) is 2.30. The van der Waals surface area contributed by atoms with Gasteiger partial charge in [-0.25, -0.2) is 0 Å². The zero-order valence-electron chi connectivity index (χ0n) is 9.01. The van der Waals surface area contributed by atoms with Gasteiger partial charge in [-0.05, 0) is 47.2 Å². The van der Waals surface area contributed by atoms with Crippen LogP contribution in [-0.2, 0) is 10.2 Å². The minimum Gasteiger partial charge on any atom is -0.481 e. The molecule has 0 aromatic heterocycles. The Bertz CT molecular complexity index is 499. The van der Waals surface area contributed by atoms with Crippen molar-refractivity contribution in [3.63, 3.8) is 0 Å². The van der Waals surface area contributed by atoms with Crippen molar-refractivity contribution in [2.24, 2.45) is 5.92 Å². The number of carboxylic acid groups (broad SMARTS) is 1. The van der Waals surface area contributed by atoms with Gasteiger partial charge in [0.15, 0.2) is 5.92 Å². The Balaban J connectivity index is 3.37. The number of halogens is 1. The van der Waals surface area contributed by atoms with Gasteiger partial charge in [-0.15, -0.1) is 0 Å². The zero-order chi connectivity index (χ0) is 13.1. The second-order valence-corrected chi connectivity index (χ2v) is 4.95. The molecule has 86 valence electrons. The molecule has 0 amide bonds. The highest BCUT2D eigenvalue weighted by Crippen LogP contribution is 2.32. The molecule has 1 atom stereocenters. The summed E-state index contributed by atoms with van der Waals surface area (Å²) in [5.41, 5.74) is -1.05. The lowest BCUT2D eigenvalue weighted by Crippen LogP contribution is -2.39. The van der Waals surface area contributed by atoms with Crippen molar-refractivity contribution in [3.05, 3.63) is 33.4 Å². The second-order valence-electron chi connectivity index (χ2n) is 3.71. The van der Waals surface area contributed by atoms with E-state index in [1.54, 1.807) is 36.4 Å². The van der Waals surface area contributed by atoms with E-state index < -0.39 is 17.3 Å². The van der Waals surface area contributed by atoms with Gasteiger partial charge in [0.1, 0.15) is 5.41 Å². The van der Waals surface area contributed by atoms with Crippen LogP contribution in [0.3, 0.4) is 0 Å². The second kappa shape index (κ2) is 5.15. The largest absolute Gasteiger partial charge is 0.481 e. The smallest absolute Gasteiger partial charge is 0.316 e. The van der Waals surface area contributed by atoms with Gasteiger partial charge < -0.3 is 5.11 Å². The number of aliphatic carboxylic acids is 1. The van der Waals surface area contributed by atoms with Gasteiger partial charge in [0.25, 0.3) is 0 Å². The number of carboxylic acids is 1. The minimum atomic E-state index is -1.51. The van der Waals surface area contributed by atoms with Crippen LogP contribution in [0.1, 0.15) is 12.5 Å². The molecule has 1 aromatic rings. The van der Waals surface area contributed by atoms with Gasteiger partial charge in [0, 0.05) is 3.57 Å². The van der Waals surface area contributed by atoms with E-state index in [1.807, 2.05) is 0 Å². The first-order valence-corrected chi connectivity index (χ1v) is 5.83. The van der Waals surface area contributed by atoms with Gasteiger partial charge in [-0.1, -0.05) is 12.1 Å². The van der Waals surface area contributed by atoms with E-state index >= 15 is 0 Å². The molecule has 17 heavy (non-hydrogen) atoms. The number of rotatable bonds is 3. The number of nitriles is 2. The van der Waals surface area contributed by atoms with E-state index in [0.717, 1.165) is 3.57 Å². The summed E-state index contributed by atoms with van der Waals surface area (Å²) in [7, 11) is 0. The lowest BCUT2D eigenvalue weighted by atomic mass is 9.73. The van der Waals surface area contributed by atoms with E-state index in [0.29, 0.717) is 5.56 Å². The Morgan fingerprint density at radius 1 is 1.35 bits per heavy atom. The fourth-order valence-electron chi connectivity index (χ4n) is 1.50. The summed E-state index contributed by atoms with van der Waals surface area (Å²) in [5, 5.41) is 27.1. The number of hydrogen-bond acceptors (Lipinski definition) is 3. The van der Waals surface area contributed by atoms with Crippen molar-refractivity contribution in [1.29, 1.82) is 10.5 Å². The van der Waals surface area contributed by atoms with E-state index in [1.165, 1.54) is 6.92 Å². The normalized spacial score (nSPS) is 13.5. The highest BCUT2D eigenvalue weighted by Gasteiger charge is 2.44. The molecule has 0 aliphatic carbocycles. The molecule has 0 aliphatic rings. The van der Waals surface area contributed by atoms with Gasteiger partial charge in [0.2, 0.25) is 0 Å². The molecule has 4 nitrogen and oxygen atoms in total. The van der Waals surface area contributed by atoms with E-state index in [4.69, 9.17) is 10.5 Å². The van der Waals surface area contributed by atoms with Gasteiger partial charge >= 0.3 is 5.97 Å². The van der Waals surface area contributed by atoms with Crippen molar-refractivity contribution in [2.45, 2.75) is 12.3 Å². The van der Waals surface area contributed by atoms with Crippen LogP contribution in [0.5, 0.6) is 0 Å². The molecule has 1 rings (SSSR count). The fraction of sp³-hybridized carbons (Fsp3) is 0.250. The average molecular weight is 340 g/mol. The Morgan fingerprint density at radius 3 is 2.18 bits per heavy atom. The Kier molecular flexibility index (Phi) is 4.08. The molecule has 5 heteroatoms. The van der Waals surface area contributed by atoms with Crippen molar-refractivity contribution in [3.8, 4) is 12.1 Å². The fourth-order valence-corrected chi connectivity index (χ4v) is 1.86. The van der Waals surface area contributed by atoms with E-state index in [-0.39, 0.29) is 0 Å². The summed E-state index contributed by atoms with van der Waals surface area (Å²) in [6.07, 6.45) is 0. The summed E-state index contributed by atoms with van der Waals surface area (Å²) in [6, 6.07) is 10.3. The summed E-state index contributed by atoms with van der Waals surface area (Å²) in [5.74, 6) is -2.40. The topological polar surface area (TPSA) is 84.9 Å². The summed E-state index contributed by atoms with van der Waals surface area (Å²) >= 11 is 2.10. The molecule has 1 N–H and O–H groups in total. The summed E-state index contributed by atoms with van der Waals surface area (Å²) < 4.78 is 0.963.